The number of nitrogens with zero attached hydrogens (tertiary/aromatic N) is 3. The van der Waals surface area contributed by atoms with Crippen molar-refractivity contribution in [2.45, 2.75) is 18.6 Å². The lowest BCUT2D eigenvalue weighted by Gasteiger charge is -2.34. The van der Waals surface area contributed by atoms with E-state index in [2.05, 4.69) is 15.7 Å². The minimum absolute atomic E-state index is 0.00911. The Balaban J connectivity index is 1.50. The molecule has 9 nitrogen and oxygen atoms in total. The van der Waals surface area contributed by atoms with Gasteiger partial charge in [0.1, 0.15) is 36.6 Å². The van der Waals surface area contributed by atoms with Crippen molar-refractivity contribution in [3.05, 3.63) is 60.1 Å². The average molecular weight is 473 g/mol. The first-order chi connectivity index (χ1) is 16.4. The van der Waals surface area contributed by atoms with Crippen molar-refractivity contribution in [3.8, 4) is 11.5 Å². The number of halogens is 2. The smallest absolute Gasteiger partial charge is 0.257 e. The van der Waals surface area contributed by atoms with E-state index in [-0.39, 0.29) is 23.0 Å². The Bertz CT molecular complexity index is 1110. The van der Waals surface area contributed by atoms with Gasteiger partial charge in [0.15, 0.2) is 11.9 Å². The predicted octanol–water partition coefficient (Wildman–Crippen LogP) is 2.34. The van der Waals surface area contributed by atoms with Gasteiger partial charge in [-0.15, -0.1) is 0 Å². The predicted molar refractivity (Wildman–Crippen MR) is 120 cm³/mol. The van der Waals surface area contributed by atoms with E-state index in [1.807, 2.05) is 0 Å². The number of rotatable bonds is 9. The SMILES string of the molecule is Cn1ccc(NC(=O)c2cc(OC3=CNC(C(=O)N4CCC4)C=C3)cc(OC(CF)CF)c2)n1. The van der Waals surface area contributed by atoms with Crippen LogP contribution in [-0.4, -0.2) is 65.1 Å². The molecule has 1 aromatic carbocycles. The van der Waals surface area contributed by atoms with Gasteiger partial charge in [-0.2, -0.15) is 5.10 Å². The quantitative estimate of drug-likeness (QED) is 0.580. The van der Waals surface area contributed by atoms with Crippen LogP contribution in [0.2, 0.25) is 0 Å². The Kier molecular flexibility index (Phi) is 7.09. The molecular weight excluding hydrogens is 448 g/mol. The van der Waals surface area contributed by atoms with Crippen molar-refractivity contribution in [2.24, 2.45) is 7.05 Å². The fraction of sp³-hybridized carbons (Fsp3) is 0.348. The first kappa shape index (κ1) is 23.3. The molecule has 11 heteroatoms. The molecule has 2 aliphatic heterocycles. The van der Waals surface area contributed by atoms with Crippen molar-refractivity contribution in [1.29, 1.82) is 0 Å². The molecule has 1 unspecified atom stereocenters. The molecule has 0 radical (unpaired) electrons. The monoisotopic (exact) mass is 473 g/mol. The third-order valence-electron chi connectivity index (χ3n) is 5.27. The van der Waals surface area contributed by atoms with Crippen LogP contribution in [0.4, 0.5) is 14.6 Å². The number of amides is 2. The van der Waals surface area contributed by atoms with Crippen LogP contribution in [0.15, 0.2) is 54.6 Å². The van der Waals surface area contributed by atoms with Gasteiger partial charge >= 0.3 is 0 Å². The van der Waals surface area contributed by atoms with E-state index in [0.717, 1.165) is 19.5 Å². The van der Waals surface area contributed by atoms with Gasteiger partial charge < -0.3 is 25.0 Å². The van der Waals surface area contributed by atoms with Gasteiger partial charge in [0, 0.05) is 50.2 Å². The number of aromatic nitrogens is 2. The maximum absolute atomic E-state index is 13.0. The van der Waals surface area contributed by atoms with Gasteiger partial charge in [-0.3, -0.25) is 14.3 Å². The Morgan fingerprint density at radius 1 is 1.24 bits per heavy atom. The molecule has 4 rings (SSSR count). The molecule has 1 fully saturated rings. The van der Waals surface area contributed by atoms with Crippen LogP contribution in [0.5, 0.6) is 11.5 Å². The van der Waals surface area contributed by atoms with E-state index in [4.69, 9.17) is 9.47 Å². The summed E-state index contributed by atoms with van der Waals surface area (Å²) >= 11 is 0. The molecule has 2 aliphatic rings. The third kappa shape index (κ3) is 5.53. The van der Waals surface area contributed by atoms with Crippen LogP contribution < -0.4 is 20.1 Å². The Morgan fingerprint density at radius 3 is 2.59 bits per heavy atom. The summed E-state index contributed by atoms with van der Waals surface area (Å²) in [7, 11) is 1.71. The highest BCUT2D eigenvalue weighted by Crippen LogP contribution is 2.27. The lowest BCUT2D eigenvalue weighted by Crippen LogP contribution is -2.50. The summed E-state index contributed by atoms with van der Waals surface area (Å²) in [6.45, 7) is -0.539. The molecule has 180 valence electrons. The molecule has 1 saturated heterocycles. The van der Waals surface area contributed by atoms with E-state index in [9.17, 15) is 18.4 Å². The zero-order valence-electron chi connectivity index (χ0n) is 18.5. The fourth-order valence-electron chi connectivity index (χ4n) is 3.35. The topological polar surface area (TPSA) is 97.7 Å². The van der Waals surface area contributed by atoms with Crippen LogP contribution >= 0.6 is 0 Å². The van der Waals surface area contributed by atoms with Crippen molar-refractivity contribution >= 4 is 17.6 Å². The minimum atomic E-state index is -1.30. The summed E-state index contributed by atoms with van der Waals surface area (Å²) in [5, 5.41) is 9.73. The van der Waals surface area contributed by atoms with E-state index < -0.39 is 31.4 Å². The summed E-state index contributed by atoms with van der Waals surface area (Å²) in [5.41, 5.74) is 0.147. The number of ether oxygens (including phenoxy) is 2. The second-order valence-electron chi connectivity index (χ2n) is 7.90. The Hall–Kier alpha value is -3.89. The van der Waals surface area contributed by atoms with Crippen molar-refractivity contribution < 1.29 is 27.8 Å². The van der Waals surface area contributed by atoms with Gasteiger partial charge in [0.2, 0.25) is 5.91 Å². The highest BCUT2D eigenvalue weighted by Gasteiger charge is 2.27. The maximum atomic E-state index is 13.0. The number of carbonyl (C=O) groups is 2. The first-order valence-electron chi connectivity index (χ1n) is 10.8. The normalized spacial score (nSPS) is 17.0. The molecule has 0 spiro atoms. The van der Waals surface area contributed by atoms with Gasteiger partial charge in [-0.25, -0.2) is 8.78 Å². The molecular formula is C23H25F2N5O4. The second-order valence-corrected chi connectivity index (χ2v) is 7.90. The van der Waals surface area contributed by atoms with E-state index in [0.29, 0.717) is 11.6 Å². The molecule has 0 aliphatic carbocycles. The number of hydrogen-bond acceptors (Lipinski definition) is 6. The number of aryl methyl sites for hydroxylation is 1. The largest absolute Gasteiger partial charge is 0.485 e. The molecule has 1 aromatic heterocycles. The molecule has 0 bridgehead atoms. The highest BCUT2D eigenvalue weighted by atomic mass is 19.1. The second kappa shape index (κ2) is 10.4. The molecule has 2 N–H and O–H groups in total. The zero-order valence-corrected chi connectivity index (χ0v) is 18.5. The summed E-state index contributed by atoms with van der Waals surface area (Å²) in [6.07, 6.45) is 6.26. The van der Waals surface area contributed by atoms with E-state index in [1.54, 1.807) is 42.6 Å². The van der Waals surface area contributed by atoms with Crippen molar-refractivity contribution in [3.63, 3.8) is 0 Å². The number of benzene rings is 1. The average Bonchev–Trinajstić information content (AvgIpc) is 3.21. The number of nitrogens with one attached hydrogen (secondary N) is 2. The molecule has 2 aromatic rings. The highest BCUT2D eigenvalue weighted by molar-refractivity contribution is 6.04. The number of hydrogen-bond donors (Lipinski definition) is 2. The van der Waals surface area contributed by atoms with E-state index >= 15 is 0 Å². The lowest BCUT2D eigenvalue weighted by atomic mass is 10.1. The Morgan fingerprint density at radius 2 is 2.00 bits per heavy atom. The van der Waals surface area contributed by atoms with E-state index in [1.165, 1.54) is 22.9 Å². The van der Waals surface area contributed by atoms with Crippen molar-refractivity contribution in [1.82, 2.24) is 20.0 Å². The molecule has 3 heterocycles. The number of allylic oxidation sites excluding steroid dienone is 1. The Labute approximate surface area is 195 Å². The number of anilines is 1. The summed E-state index contributed by atoms with van der Waals surface area (Å²) in [5.74, 6) is 0.497. The number of carbonyl (C=O) groups excluding carboxylic acids is 2. The number of alkyl halides is 2. The van der Waals surface area contributed by atoms with Crippen LogP contribution in [0, 0.1) is 0 Å². The summed E-state index contributed by atoms with van der Waals surface area (Å²) < 4.78 is 38.7. The van der Waals surface area contributed by atoms with Crippen LogP contribution in [0.1, 0.15) is 16.8 Å². The van der Waals surface area contributed by atoms with Gasteiger partial charge in [0.25, 0.3) is 5.91 Å². The number of dihydropyridines is 1. The van der Waals surface area contributed by atoms with Crippen LogP contribution in [0.25, 0.3) is 0 Å². The van der Waals surface area contributed by atoms with Crippen LogP contribution in [-0.2, 0) is 11.8 Å². The molecule has 34 heavy (non-hydrogen) atoms. The lowest BCUT2D eigenvalue weighted by molar-refractivity contribution is -0.135. The van der Waals surface area contributed by atoms with Gasteiger partial charge in [0.05, 0.1) is 0 Å². The molecule has 1 atom stereocenters. The summed E-state index contributed by atoms with van der Waals surface area (Å²) in [4.78, 5) is 26.9. The van der Waals surface area contributed by atoms with Crippen LogP contribution in [0.3, 0.4) is 0 Å². The number of likely N-dealkylation sites (tertiary alicyclic amines) is 1. The van der Waals surface area contributed by atoms with Gasteiger partial charge in [-0.1, -0.05) is 0 Å². The maximum Gasteiger partial charge on any atom is 0.257 e. The summed E-state index contributed by atoms with van der Waals surface area (Å²) in [6, 6.07) is 5.42. The zero-order chi connectivity index (χ0) is 24.1. The first-order valence-corrected chi connectivity index (χ1v) is 10.8. The molecule has 0 saturated carbocycles. The van der Waals surface area contributed by atoms with Gasteiger partial charge in [-0.05, 0) is 30.7 Å². The minimum Gasteiger partial charge on any atom is -0.485 e. The van der Waals surface area contributed by atoms with Crippen molar-refractivity contribution in [2.75, 3.05) is 31.8 Å². The third-order valence-corrected chi connectivity index (χ3v) is 5.27. The fourth-order valence-corrected chi connectivity index (χ4v) is 3.35. The standard InChI is InChI=1S/C23H25F2N5O4/c1-29-8-5-21(28-29)27-22(31)15-9-17(11-18(10-15)34-19(12-24)13-25)33-16-3-4-20(26-14-16)23(32)30-6-2-7-30/h3-5,8-11,14,19-20,26H,2,6-7,12-13H2,1H3,(H,27,28,31). The molecule has 2 amide bonds.